The van der Waals surface area contributed by atoms with Crippen molar-refractivity contribution >= 4 is 49.1 Å². The highest BCUT2D eigenvalue weighted by Gasteiger charge is 2.10. The van der Waals surface area contributed by atoms with E-state index < -0.39 is 0 Å². The number of nitrogens with one attached hydrogen (secondary N) is 1. The maximum Gasteiger partial charge on any atom is 0.152 e. The lowest BCUT2D eigenvalue weighted by Crippen LogP contribution is -2.07. The van der Waals surface area contributed by atoms with Crippen LogP contribution in [-0.4, -0.2) is 4.98 Å². The summed E-state index contributed by atoms with van der Waals surface area (Å²) < 4.78 is 14.5. The Bertz CT molecular complexity index is 607. The normalized spacial score (nSPS) is 12.3. The van der Waals surface area contributed by atoms with Gasteiger partial charge in [-0.2, -0.15) is 0 Å². The molecule has 0 aliphatic heterocycles. The molecule has 6 heteroatoms. The van der Waals surface area contributed by atoms with Gasteiger partial charge < -0.3 is 5.32 Å². The summed E-state index contributed by atoms with van der Waals surface area (Å²) in [6.07, 6.45) is 1.63. The molecule has 1 heterocycles. The lowest BCUT2D eigenvalue weighted by molar-refractivity contribution is 0.619. The highest BCUT2D eigenvalue weighted by molar-refractivity contribution is 9.10. The average Bonchev–Trinajstić information content (AvgIpc) is 2.37. The molecule has 1 unspecified atom stereocenters. The van der Waals surface area contributed by atoms with E-state index in [0.29, 0.717) is 9.63 Å². The summed E-state index contributed by atoms with van der Waals surface area (Å²) in [5.41, 5.74) is 1.67. The van der Waals surface area contributed by atoms with Crippen LogP contribution in [0.4, 0.5) is 10.1 Å². The van der Waals surface area contributed by atoms with Crippen molar-refractivity contribution in [2.45, 2.75) is 13.0 Å². The first kappa shape index (κ1) is 14.8. The fourth-order valence-electron chi connectivity index (χ4n) is 1.62. The van der Waals surface area contributed by atoms with Gasteiger partial charge in [0.2, 0.25) is 0 Å². The SMILES string of the molecule is CC(Nc1cc(Br)cnc1Cl)c1ccc(F)c(Br)c1. The fourth-order valence-corrected chi connectivity index (χ4v) is 2.51. The van der Waals surface area contributed by atoms with E-state index in [-0.39, 0.29) is 11.9 Å². The quantitative estimate of drug-likeness (QED) is 0.672. The second-order valence-corrected chi connectivity index (χ2v) is 6.16. The predicted octanol–water partition coefficient (Wildman–Crippen LogP) is 5.57. The first-order valence-electron chi connectivity index (χ1n) is 5.50. The number of aromatic nitrogens is 1. The van der Waals surface area contributed by atoms with Gasteiger partial charge in [-0.05, 0) is 62.5 Å². The molecule has 1 atom stereocenters. The zero-order valence-electron chi connectivity index (χ0n) is 9.92. The highest BCUT2D eigenvalue weighted by Crippen LogP contribution is 2.28. The van der Waals surface area contributed by atoms with Gasteiger partial charge in [-0.15, -0.1) is 0 Å². The smallest absolute Gasteiger partial charge is 0.152 e. The van der Waals surface area contributed by atoms with Crippen LogP contribution in [0.15, 0.2) is 39.4 Å². The molecule has 0 fully saturated rings. The van der Waals surface area contributed by atoms with E-state index >= 15 is 0 Å². The summed E-state index contributed by atoms with van der Waals surface area (Å²) in [6, 6.07) is 6.73. The molecule has 0 saturated heterocycles. The van der Waals surface area contributed by atoms with Crippen LogP contribution in [0.5, 0.6) is 0 Å². The second-order valence-electron chi connectivity index (χ2n) is 4.03. The Hall–Kier alpha value is -0.650. The molecule has 0 saturated carbocycles. The molecular weight excluding hydrogens is 398 g/mol. The minimum absolute atomic E-state index is 0.0227. The average molecular weight is 408 g/mol. The predicted molar refractivity (Wildman–Crippen MR) is 83.1 cm³/mol. The summed E-state index contributed by atoms with van der Waals surface area (Å²) in [7, 11) is 0. The summed E-state index contributed by atoms with van der Waals surface area (Å²) in [4.78, 5) is 4.04. The number of hydrogen-bond acceptors (Lipinski definition) is 2. The van der Waals surface area contributed by atoms with Gasteiger partial charge in [0.25, 0.3) is 0 Å². The van der Waals surface area contributed by atoms with Crippen molar-refractivity contribution in [1.82, 2.24) is 4.98 Å². The number of benzene rings is 1. The van der Waals surface area contributed by atoms with Crippen LogP contribution in [0.25, 0.3) is 0 Å². The summed E-state index contributed by atoms with van der Waals surface area (Å²) in [6.45, 7) is 1.97. The van der Waals surface area contributed by atoms with Crippen molar-refractivity contribution in [2.24, 2.45) is 0 Å². The fraction of sp³-hybridized carbons (Fsp3) is 0.154. The van der Waals surface area contributed by atoms with Crippen molar-refractivity contribution in [3.05, 3.63) is 55.9 Å². The van der Waals surface area contributed by atoms with E-state index in [9.17, 15) is 4.39 Å². The van der Waals surface area contributed by atoms with Gasteiger partial charge in [0.05, 0.1) is 10.2 Å². The molecule has 0 aliphatic carbocycles. The molecular formula is C13H10Br2ClFN2. The lowest BCUT2D eigenvalue weighted by atomic mass is 10.1. The van der Waals surface area contributed by atoms with Crippen molar-refractivity contribution < 1.29 is 4.39 Å². The number of anilines is 1. The summed E-state index contributed by atoms with van der Waals surface area (Å²) >= 11 is 12.5. The van der Waals surface area contributed by atoms with Gasteiger partial charge in [0, 0.05) is 16.7 Å². The minimum atomic E-state index is -0.280. The van der Waals surface area contributed by atoms with Gasteiger partial charge in [-0.1, -0.05) is 17.7 Å². The lowest BCUT2D eigenvalue weighted by Gasteiger charge is -2.17. The van der Waals surface area contributed by atoms with Gasteiger partial charge in [-0.25, -0.2) is 9.37 Å². The third kappa shape index (κ3) is 3.68. The largest absolute Gasteiger partial charge is 0.376 e. The molecule has 19 heavy (non-hydrogen) atoms. The first-order chi connectivity index (χ1) is 8.97. The molecule has 0 spiro atoms. The van der Waals surface area contributed by atoms with Crippen LogP contribution < -0.4 is 5.32 Å². The molecule has 100 valence electrons. The first-order valence-corrected chi connectivity index (χ1v) is 7.46. The Morgan fingerprint density at radius 2 is 2.05 bits per heavy atom. The number of pyridine rings is 1. The molecule has 1 aromatic heterocycles. The summed E-state index contributed by atoms with van der Waals surface area (Å²) in [5.74, 6) is -0.280. The van der Waals surface area contributed by atoms with Crippen LogP contribution in [0.2, 0.25) is 5.15 Å². The number of halogens is 4. The third-order valence-corrected chi connectivity index (χ3v) is 3.96. The number of nitrogens with zero attached hydrogens (tertiary/aromatic N) is 1. The Kier molecular flexibility index (Phi) is 4.81. The highest BCUT2D eigenvalue weighted by atomic mass is 79.9. The van der Waals surface area contributed by atoms with Crippen LogP contribution in [-0.2, 0) is 0 Å². The topological polar surface area (TPSA) is 24.9 Å². The minimum Gasteiger partial charge on any atom is -0.376 e. The third-order valence-electron chi connectivity index (χ3n) is 2.62. The molecule has 2 nitrogen and oxygen atoms in total. The second kappa shape index (κ2) is 6.20. The van der Waals surface area contributed by atoms with Crippen molar-refractivity contribution in [2.75, 3.05) is 5.32 Å². The summed E-state index contributed by atoms with van der Waals surface area (Å²) in [5, 5.41) is 3.65. The van der Waals surface area contributed by atoms with Crippen molar-refractivity contribution in [3.8, 4) is 0 Å². The number of hydrogen-bond donors (Lipinski definition) is 1. The van der Waals surface area contributed by atoms with E-state index in [1.165, 1.54) is 6.07 Å². The van der Waals surface area contributed by atoms with E-state index in [1.54, 1.807) is 18.3 Å². The van der Waals surface area contributed by atoms with E-state index in [1.807, 2.05) is 13.0 Å². The van der Waals surface area contributed by atoms with Crippen LogP contribution >= 0.6 is 43.5 Å². The molecule has 1 aromatic carbocycles. The Balaban J connectivity index is 2.22. The van der Waals surface area contributed by atoms with Gasteiger partial charge in [0.1, 0.15) is 5.82 Å². The van der Waals surface area contributed by atoms with Gasteiger partial charge in [0.15, 0.2) is 5.15 Å². The molecule has 0 bridgehead atoms. The molecule has 0 radical (unpaired) electrons. The Morgan fingerprint density at radius 3 is 2.74 bits per heavy atom. The maximum atomic E-state index is 13.2. The van der Waals surface area contributed by atoms with Crippen molar-refractivity contribution in [1.29, 1.82) is 0 Å². The Labute approximate surface area is 132 Å². The van der Waals surface area contributed by atoms with Crippen LogP contribution in [0.3, 0.4) is 0 Å². The molecule has 0 aliphatic rings. The van der Waals surface area contributed by atoms with E-state index in [4.69, 9.17) is 11.6 Å². The molecule has 2 aromatic rings. The van der Waals surface area contributed by atoms with Gasteiger partial charge >= 0.3 is 0 Å². The molecule has 2 rings (SSSR count). The maximum absolute atomic E-state index is 13.2. The van der Waals surface area contributed by atoms with Gasteiger partial charge in [-0.3, -0.25) is 0 Å². The standard InChI is InChI=1S/C13H10Br2ClFN2/c1-7(8-2-3-11(17)10(15)4-8)19-12-5-9(14)6-18-13(12)16/h2-7,19H,1H3. The van der Waals surface area contributed by atoms with Crippen LogP contribution in [0, 0.1) is 5.82 Å². The van der Waals surface area contributed by atoms with Crippen LogP contribution in [0.1, 0.15) is 18.5 Å². The monoisotopic (exact) mass is 406 g/mol. The van der Waals surface area contributed by atoms with Crippen molar-refractivity contribution in [3.63, 3.8) is 0 Å². The van der Waals surface area contributed by atoms with E-state index in [2.05, 4.69) is 42.2 Å². The zero-order valence-corrected chi connectivity index (χ0v) is 13.9. The molecule has 0 amide bonds. The van der Waals surface area contributed by atoms with E-state index in [0.717, 1.165) is 15.7 Å². The molecule has 1 N–H and O–H groups in total. The zero-order chi connectivity index (χ0) is 14.0. The Morgan fingerprint density at radius 1 is 1.32 bits per heavy atom. The number of rotatable bonds is 3.